The molecule has 1 fully saturated rings. The summed E-state index contributed by atoms with van der Waals surface area (Å²) in [5.41, 5.74) is 16.5. The van der Waals surface area contributed by atoms with E-state index in [2.05, 4.69) is 60.2 Å². The number of hydrogen-bond donors (Lipinski definition) is 3. The van der Waals surface area contributed by atoms with Gasteiger partial charge >= 0.3 is 0 Å². The second kappa shape index (κ2) is 6.25. The lowest BCUT2D eigenvalue weighted by atomic mass is 9.74. The summed E-state index contributed by atoms with van der Waals surface area (Å²) in [6.07, 6.45) is -0.284. The van der Waals surface area contributed by atoms with Crippen LogP contribution < -0.4 is 16.6 Å². The molecule has 126 valence electrons. The number of rotatable bonds is 2. The van der Waals surface area contributed by atoms with Gasteiger partial charge in [-0.15, -0.1) is 0 Å². The van der Waals surface area contributed by atoms with Crippen LogP contribution >= 0.6 is 0 Å². The van der Waals surface area contributed by atoms with E-state index in [0.29, 0.717) is 5.57 Å². The molecule has 4 unspecified atom stereocenters. The number of nitrogens with one attached hydrogen (secondary N) is 2. The lowest BCUT2D eigenvalue weighted by Gasteiger charge is -2.36. The predicted octanol–water partition coefficient (Wildman–Crippen LogP) is 2.59. The third-order valence-electron chi connectivity index (χ3n) is 5.05. The van der Waals surface area contributed by atoms with Crippen molar-refractivity contribution < 1.29 is 4.74 Å². The van der Waals surface area contributed by atoms with Crippen LogP contribution in [0.4, 0.5) is 0 Å². The monoisotopic (exact) mass is 332 g/mol. The average Bonchev–Trinajstić information content (AvgIpc) is 3.05. The van der Waals surface area contributed by atoms with Crippen LogP contribution in [0.2, 0.25) is 0 Å². The van der Waals surface area contributed by atoms with E-state index in [1.807, 2.05) is 18.2 Å². The quantitative estimate of drug-likeness (QED) is 0.787. The van der Waals surface area contributed by atoms with Crippen LogP contribution in [-0.4, -0.2) is 6.23 Å². The second-order valence-electron chi connectivity index (χ2n) is 6.57. The largest absolute Gasteiger partial charge is 0.458 e. The Balaban J connectivity index is 1.82. The Morgan fingerprint density at radius 1 is 1.00 bits per heavy atom. The van der Waals surface area contributed by atoms with Crippen molar-refractivity contribution in [2.24, 2.45) is 11.7 Å². The first-order valence-corrected chi connectivity index (χ1v) is 8.38. The molecular formula is C20H20N4O. The molecule has 0 spiro atoms. The standard InChI is InChI=1S/C20H20N4O/c1-12-7-9-13(10-8-12)16-15(11-21)19(22)25-20-17(16)18(23-24-20)14-5-3-2-4-6-14/h2-10,16-18,20,23-24H,22H2,1H3. The number of nitrogens with two attached hydrogens (primary N) is 1. The first kappa shape index (κ1) is 15.7. The van der Waals surface area contributed by atoms with Crippen LogP contribution in [0.25, 0.3) is 0 Å². The first-order valence-electron chi connectivity index (χ1n) is 8.38. The Labute approximate surface area is 147 Å². The predicted molar refractivity (Wildman–Crippen MR) is 94.6 cm³/mol. The average molecular weight is 332 g/mol. The zero-order chi connectivity index (χ0) is 17.4. The molecule has 2 aromatic carbocycles. The van der Waals surface area contributed by atoms with E-state index in [9.17, 15) is 5.26 Å². The number of nitrogens with zero attached hydrogens (tertiary/aromatic N) is 1. The number of aryl methyl sites for hydroxylation is 1. The second-order valence-corrected chi connectivity index (χ2v) is 6.57. The minimum atomic E-state index is -0.284. The van der Waals surface area contributed by atoms with Crippen molar-refractivity contribution in [3.05, 3.63) is 82.7 Å². The molecule has 2 aliphatic heterocycles. The van der Waals surface area contributed by atoms with Crippen molar-refractivity contribution in [2.75, 3.05) is 0 Å². The van der Waals surface area contributed by atoms with Crippen LogP contribution in [0.3, 0.4) is 0 Å². The maximum atomic E-state index is 9.72. The van der Waals surface area contributed by atoms with Gasteiger partial charge in [-0.2, -0.15) is 5.26 Å². The van der Waals surface area contributed by atoms with Crippen LogP contribution in [0.5, 0.6) is 0 Å². The lowest BCUT2D eigenvalue weighted by Crippen LogP contribution is -2.40. The summed E-state index contributed by atoms with van der Waals surface area (Å²) in [4.78, 5) is 0. The van der Waals surface area contributed by atoms with Gasteiger partial charge < -0.3 is 10.5 Å². The molecule has 2 aromatic rings. The molecular weight excluding hydrogens is 312 g/mol. The molecule has 4 atom stereocenters. The van der Waals surface area contributed by atoms with Gasteiger partial charge in [-0.05, 0) is 18.1 Å². The molecule has 0 amide bonds. The highest BCUT2D eigenvalue weighted by molar-refractivity contribution is 5.43. The number of allylic oxidation sites excluding steroid dienone is 1. The lowest BCUT2D eigenvalue weighted by molar-refractivity contribution is 0.0340. The van der Waals surface area contributed by atoms with Crippen molar-refractivity contribution in [1.82, 2.24) is 10.9 Å². The molecule has 0 aliphatic carbocycles. The molecule has 4 N–H and O–H groups in total. The molecule has 0 saturated carbocycles. The molecule has 25 heavy (non-hydrogen) atoms. The van der Waals surface area contributed by atoms with Crippen LogP contribution in [0.1, 0.15) is 28.7 Å². The van der Waals surface area contributed by atoms with Gasteiger partial charge in [0.25, 0.3) is 0 Å². The number of fused-ring (bicyclic) bond motifs is 1. The summed E-state index contributed by atoms with van der Waals surface area (Å²) >= 11 is 0. The summed E-state index contributed by atoms with van der Waals surface area (Å²) in [5, 5.41) is 9.72. The van der Waals surface area contributed by atoms with E-state index in [0.717, 1.165) is 11.1 Å². The maximum Gasteiger partial charge on any atom is 0.200 e. The smallest absolute Gasteiger partial charge is 0.200 e. The maximum absolute atomic E-state index is 9.72. The summed E-state index contributed by atoms with van der Waals surface area (Å²) in [6, 6.07) is 20.8. The fourth-order valence-corrected chi connectivity index (χ4v) is 3.81. The van der Waals surface area contributed by atoms with E-state index in [-0.39, 0.29) is 30.0 Å². The molecule has 2 aliphatic rings. The first-order chi connectivity index (χ1) is 12.2. The third-order valence-corrected chi connectivity index (χ3v) is 5.05. The van der Waals surface area contributed by atoms with Gasteiger partial charge in [0.15, 0.2) is 6.23 Å². The van der Waals surface area contributed by atoms with Gasteiger partial charge in [-0.1, -0.05) is 60.2 Å². The number of nitriles is 1. The van der Waals surface area contributed by atoms with E-state index >= 15 is 0 Å². The van der Waals surface area contributed by atoms with Crippen molar-refractivity contribution >= 4 is 0 Å². The van der Waals surface area contributed by atoms with Crippen molar-refractivity contribution in [1.29, 1.82) is 5.26 Å². The SMILES string of the molecule is Cc1ccc(C2C(C#N)=C(N)OC3NNC(c4ccccc4)C32)cc1. The summed E-state index contributed by atoms with van der Waals surface area (Å²) < 4.78 is 5.80. The van der Waals surface area contributed by atoms with Gasteiger partial charge in [-0.3, -0.25) is 0 Å². The molecule has 5 nitrogen and oxygen atoms in total. The number of hydrogen-bond acceptors (Lipinski definition) is 5. The normalized spacial score (nSPS) is 28.2. The van der Waals surface area contributed by atoms with E-state index in [4.69, 9.17) is 10.5 Å². The van der Waals surface area contributed by atoms with Crippen molar-refractivity contribution in [3.63, 3.8) is 0 Å². The fourth-order valence-electron chi connectivity index (χ4n) is 3.81. The molecule has 5 heteroatoms. The highest BCUT2D eigenvalue weighted by Gasteiger charge is 2.49. The zero-order valence-electron chi connectivity index (χ0n) is 13.9. The van der Waals surface area contributed by atoms with Crippen LogP contribution in [-0.2, 0) is 4.74 Å². The molecule has 4 rings (SSSR count). The Morgan fingerprint density at radius 2 is 1.72 bits per heavy atom. The van der Waals surface area contributed by atoms with Gasteiger partial charge in [-0.25, -0.2) is 10.9 Å². The summed E-state index contributed by atoms with van der Waals surface area (Å²) in [6.45, 7) is 2.05. The minimum Gasteiger partial charge on any atom is -0.458 e. The van der Waals surface area contributed by atoms with E-state index in [1.54, 1.807) is 0 Å². The van der Waals surface area contributed by atoms with Gasteiger partial charge in [0.2, 0.25) is 5.88 Å². The topological polar surface area (TPSA) is 83.1 Å². The molecule has 0 aromatic heterocycles. The summed E-state index contributed by atoms with van der Waals surface area (Å²) in [7, 11) is 0. The summed E-state index contributed by atoms with van der Waals surface area (Å²) in [5.74, 6) is 0.0986. The highest BCUT2D eigenvalue weighted by atomic mass is 16.5. The molecule has 0 radical (unpaired) electrons. The molecule has 0 bridgehead atoms. The van der Waals surface area contributed by atoms with E-state index in [1.165, 1.54) is 5.56 Å². The van der Waals surface area contributed by atoms with Crippen LogP contribution in [0, 0.1) is 24.2 Å². The highest BCUT2D eigenvalue weighted by Crippen LogP contribution is 2.47. The molecule has 2 heterocycles. The van der Waals surface area contributed by atoms with Crippen molar-refractivity contribution in [2.45, 2.75) is 25.1 Å². The number of benzene rings is 2. The van der Waals surface area contributed by atoms with E-state index < -0.39 is 0 Å². The Morgan fingerprint density at radius 3 is 2.40 bits per heavy atom. The van der Waals surface area contributed by atoms with Gasteiger partial charge in [0, 0.05) is 11.8 Å². The number of ether oxygens (including phenoxy) is 1. The Hall–Kier alpha value is -2.81. The zero-order valence-corrected chi connectivity index (χ0v) is 13.9. The fraction of sp³-hybridized carbons (Fsp3) is 0.250. The number of hydrazine groups is 1. The van der Waals surface area contributed by atoms with Gasteiger partial charge in [0.1, 0.15) is 6.07 Å². The molecule has 1 saturated heterocycles. The third kappa shape index (κ3) is 2.66. The Kier molecular flexibility index (Phi) is 3.92. The Bertz CT molecular complexity index is 838. The van der Waals surface area contributed by atoms with Gasteiger partial charge in [0.05, 0.1) is 11.6 Å². The van der Waals surface area contributed by atoms with Crippen molar-refractivity contribution in [3.8, 4) is 6.07 Å². The minimum absolute atomic E-state index is 0.0204. The van der Waals surface area contributed by atoms with Crippen LogP contribution in [0.15, 0.2) is 66.1 Å².